The number of aromatic nitrogens is 3. The average Bonchev–Trinajstić information content (AvgIpc) is 2.93. The number of nitrogens with zero attached hydrogens (tertiary/aromatic N) is 4. The van der Waals surface area contributed by atoms with Crippen molar-refractivity contribution in [2.45, 2.75) is 66.6 Å². The maximum Gasteiger partial charge on any atom is 0.353 e. The SMILES string of the molecule is Cc1ccc(-n2nc(OC[C@@H](C)CO[Si](C)(C)C(C)(C)C)c([N+](=O)[O-])c2C)c(C)n1. The Morgan fingerprint density at radius 3 is 2.37 bits per heavy atom. The minimum Gasteiger partial charge on any atom is -0.471 e. The highest BCUT2D eigenvalue weighted by Gasteiger charge is 2.37. The van der Waals surface area contributed by atoms with Gasteiger partial charge in [0.05, 0.1) is 22.9 Å². The number of pyridine rings is 1. The van der Waals surface area contributed by atoms with Crippen LogP contribution in [0.1, 0.15) is 44.8 Å². The highest BCUT2D eigenvalue weighted by Crippen LogP contribution is 2.37. The fourth-order valence-corrected chi connectivity index (χ4v) is 3.88. The smallest absolute Gasteiger partial charge is 0.353 e. The van der Waals surface area contributed by atoms with Gasteiger partial charge in [-0.3, -0.25) is 15.1 Å². The zero-order valence-corrected chi connectivity index (χ0v) is 20.6. The molecule has 0 aliphatic carbocycles. The van der Waals surface area contributed by atoms with Gasteiger partial charge in [-0.25, -0.2) is 4.68 Å². The van der Waals surface area contributed by atoms with E-state index in [-0.39, 0.29) is 29.1 Å². The van der Waals surface area contributed by atoms with Gasteiger partial charge in [0.15, 0.2) is 8.32 Å². The second kappa shape index (κ2) is 8.85. The minimum absolute atomic E-state index is 0.0247. The van der Waals surface area contributed by atoms with Gasteiger partial charge in [-0.2, -0.15) is 0 Å². The highest BCUT2D eigenvalue weighted by atomic mass is 28.4. The zero-order valence-electron chi connectivity index (χ0n) is 19.6. The van der Waals surface area contributed by atoms with Crippen LogP contribution in [0.5, 0.6) is 5.88 Å². The standard InChI is InChI=1S/C21H34N4O4Si/c1-14(13-29-30(8,9)21(5,6)7)12-28-20-19(25(26)27)17(4)24(23-20)18-11-10-15(2)22-16(18)3/h10-11,14H,12-13H2,1-9H3/t14-/m1/s1. The lowest BCUT2D eigenvalue weighted by molar-refractivity contribution is -0.386. The van der Waals surface area contributed by atoms with Crippen LogP contribution in [0.25, 0.3) is 5.69 Å². The maximum atomic E-state index is 11.7. The molecule has 0 saturated heterocycles. The van der Waals surface area contributed by atoms with Gasteiger partial charge in [0.25, 0.3) is 0 Å². The number of ether oxygens (including phenoxy) is 1. The van der Waals surface area contributed by atoms with Crippen LogP contribution in [0.4, 0.5) is 5.69 Å². The van der Waals surface area contributed by atoms with Gasteiger partial charge in [-0.15, -0.1) is 5.10 Å². The molecule has 0 fully saturated rings. The molecule has 2 heterocycles. The first-order chi connectivity index (χ1) is 13.7. The van der Waals surface area contributed by atoms with Crippen LogP contribution in [0.2, 0.25) is 18.1 Å². The molecule has 0 bridgehead atoms. The molecule has 2 aromatic heterocycles. The van der Waals surface area contributed by atoms with E-state index >= 15 is 0 Å². The second-order valence-electron chi connectivity index (χ2n) is 9.45. The van der Waals surface area contributed by atoms with E-state index in [9.17, 15) is 10.1 Å². The summed E-state index contributed by atoms with van der Waals surface area (Å²) in [5.74, 6) is 0.101. The molecule has 0 saturated carbocycles. The van der Waals surface area contributed by atoms with E-state index in [2.05, 4.69) is 43.9 Å². The summed E-state index contributed by atoms with van der Waals surface area (Å²) in [7, 11) is -1.86. The van der Waals surface area contributed by atoms with Crippen LogP contribution < -0.4 is 4.74 Å². The van der Waals surface area contributed by atoms with Gasteiger partial charge >= 0.3 is 11.6 Å². The van der Waals surface area contributed by atoms with Crippen LogP contribution in [0, 0.1) is 36.8 Å². The lowest BCUT2D eigenvalue weighted by Crippen LogP contribution is -2.42. The number of hydrogen-bond acceptors (Lipinski definition) is 6. The summed E-state index contributed by atoms with van der Waals surface area (Å²) in [5.41, 5.74) is 2.62. The predicted octanol–water partition coefficient (Wildman–Crippen LogP) is 5.14. The van der Waals surface area contributed by atoms with Crippen molar-refractivity contribution < 1.29 is 14.1 Å². The number of rotatable bonds is 8. The third-order valence-electron chi connectivity index (χ3n) is 5.70. The normalized spacial score (nSPS) is 13.4. The molecule has 0 N–H and O–H groups in total. The molecule has 166 valence electrons. The number of nitro groups is 1. The fraction of sp³-hybridized carbons (Fsp3) is 0.619. The highest BCUT2D eigenvalue weighted by molar-refractivity contribution is 6.74. The van der Waals surface area contributed by atoms with Gasteiger partial charge < -0.3 is 9.16 Å². The van der Waals surface area contributed by atoms with Crippen molar-refractivity contribution in [1.82, 2.24) is 14.8 Å². The first-order valence-corrected chi connectivity index (χ1v) is 13.1. The van der Waals surface area contributed by atoms with Crippen molar-refractivity contribution in [2.24, 2.45) is 5.92 Å². The van der Waals surface area contributed by atoms with E-state index < -0.39 is 13.2 Å². The Balaban J connectivity index is 2.19. The lowest BCUT2D eigenvalue weighted by Gasteiger charge is -2.36. The Kier molecular flexibility index (Phi) is 7.08. The number of aryl methyl sites for hydroxylation is 2. The molecular weight excluding hydrogens is 400 g/mol. The quantitative estimate of drug-likeness (QED) is 0.324. The molecule has 0 aromatic carbocycles. The molecule has 1 atom stereocenters. The third kappa shape index (κ3) is 5.26. The maximum absolute atomic E-state index is 11.7. The van der Waals surface area contributed by atoms with Crippen molar-refractivity contribution in [2.75, 3.05) is 13.2 Å². The molecule has 8 nitrogen and oxygen atoms in total. The third-order valence-corrected chi connectivity index (χ3v) is 10.2. The van der Waals surface area contributed by atoms with Crippen LogP contribution in [-0.2, 0) is 4.43 Å². The summed E-state index contributed by atoms with van der Waals surface area (Å²) < 4.78 is 13.6. The van der Waals surface area contributed by atoms with Crippen LogP contribution in [0.3, 0.4) is 0 Å². The minimum atomic E-state index is -1.86. The molecule has 2 rings (SSSR count). The van der Waals surface area contributed by atoms with E-state index in [1.807, 2.05) is 32.9 Å². The second-order valence-corrected chi connectivity index (χ2v) is 14.3. The van der Waals surface area contributed by atoms with Crippen molar-refractivity contribution >= 4 is 14.0 Å². The Hall–Kier alpha value is -2.26. The van der Waals surface area contributed by atoms with E-state index in [0.29, 0.717) is 18.0 Å². The Morgan fingerprint density at radius 2 is 1.83 bits per heavy atom. The first kappa shape index (κ1) is 24.0. The van der Waals surface area contributed by atoms with E-state index in [0.717, 1.165) is 11.4 Å². The number of hydrogen-bond donors (Lipinski definition) is 0. The Morgan fingerprint density at radius 1 is 1.20 bits per heavy atom. The van der Waals surface area contributed by atoms with Crippen LogP contribution in [0.15, 0.2) is 12.1 Å². The summed E-state index contributed by atoms with van der Waals surface area (Å²) in [6, 6.07) is 3.72. The molecule has 0 aliphatic heterocycles. The topological polar surface area (TPSA) is 92.3 Å². The van der Waals surface area contributed by atoms with Gasteiger partial charge in [0, 0.05) is 18.2 Å². The fourth-order valence-electron chi connectivity index (χ4n) is 2.75. The molecule has 30 heavy (non-hydrogen) atoms. The predicted molar refractivity (Wildman–Crippen MR) is 120 cm³/mol. The van der Waals surface area contributed by atoms with Gasteiger partial charge in [0.2, 0.25) is 0 Å². The van der Waals surface area contributed by atoms with Gasteiger partial charge in [-0.05, 0) is 51.0 Å². The molecule has 2 aromatic rings. The zero-order chi connectivity index (χ0) is 22.9. The summed E-state index contributed by atoms with van der Waals surface area (Å²) in [6.07, 6.45) is 0. The van der Waals surface area contributed by atoms with Crippen molar-refractivity contribution in [3.63, 3.8) is 0 Å². The van der Waals surface area contributed by atoms with E-state index in [1.54, 1.807) is 6.92 Å². The summed E-state index contributed by atoms with van der Waals surface area (Å²) in [4.78, 5) is 15.7. The molecule has 0 aliphatic rings. The molecule has 0 spiro atoms. The lowest BCUT2D eigenvalue weighted by atomic mass is 10.2. The van der Waals surface area contributed by atoms with E-state index in [1.165, 1.54) is 4.68 Å². The molecule has 0 amide bonds. The summed E-state index contributed by atoms with van der Waals surface area (Å²) in [6.45, 7) is 19.3. The average molecular weight is 435 g/mol. The summed E-state index contributed by atoms with van der Waals surface area (Å²) in [5, 5.41) is 16.2. The van der Waals surface area contributed by atoms with E-state index in [4.69, 9.17) is 9.16 Å². The molecular formula is C21H34N4O4Si. The first-order valence-electron chi connectivity index (χ1n) is 10.2. The Labute approximate surface area is 179 Å². The monoisotopic (exact) mass is 434 g/mol. The van der Waals surface area contributed by atoms with Gasteiger partial charge in [0.1, 0.15) is 5.69 Å². The summed E-state index contributed by atoms with van der Waals surface area (Å²) >= 11 is 0. The van der Waals surface area contributed by atoms with Crippen molar-refractivity contribution in [3.8, 4) is 11.6 Å². The van der Waals surface area contributed by atoms with Gasteiger partial charge in [-0.1, -0.05) is 27.7 Å². The molecule has 0 unspecified atom stereocenters. The van der Waals surface area contributed by atoms with Crippen molar-refractivity contribution in [1.29, 1.82) is 0 Å². The van der Waals surface area contributed by atoms with Crippen molar-refractivity contribution in [3.05, 3.63) is 39.3 Å². The molecule has 9 heteroatoms. The van der Waals surface area contributed by atoms with Crippen LogP contribution >= 0.6 is 0 Å². The van der Waals surface area contributed by atoms with Crippen LogP contribution in [-0.4, -0.2) is 41.2 Å². The largest absolute Gasteiger partial charge is 0.471 e. The molecule has 0 radical (unpaired) electrons. The Bertz CT molecular complexity index is 918.